The van der Waals surface area contributed by atoms with E-state index >= 15 is 0 Å². The van der Waals surface area contributed by atoms with Gasteiger partial charge in [-0.2, -0.15) is 0 Å². The number of carbonyl (C=O) groups is 1. The van der Waals surface area contributed by atoms with Crippen molar-refractivity contribution in [2.24, 2.45) is 5.92 Å². The normalized spacial score (nSPS) is 24.5. The summed E-state index contributed by atoms with van der Waals surface area (Å²) < 4.78 is 14.5. The Labute approximate surface area is 216 Å². The van der Waals surface area contributed by atoms with E-state index in [1.165, 1.54) is 12.1 Å². The van der Waals surface area contributed by atoms with Gasteiger partial charge in [0.05, 0.1) is 12.6 Å². The van der Waals surface area contributed by atoms with Gasteiger partial charge in [-0.05, 0) is 54.3 Å². The van der Waals surface area contributed by atoms with Gasteiger partial charge in [-0.3, -0.25) is 14.6 Å². The summed E-state index contributed by atoms with van der Waals surface area (Å²) in [6, 6.07) is 18.8. The van der Waals surface area contributed by atoms with Crippen LogP contribution in [0.3, 0.4) is 0 Å². The van der Waals surface area contributed by atoms with E-state index in [4.69, 9.17) is 0 Å². The number of nitrogens with zero attached hydrogens (tertiary/aromatic N) is 2. The molecule has 0 amide bonds. The summed E-state index contributed by atoms with van der Waals surface area (Å²) in [4.78, 5) is 18.1. The summed E-state index contributed by atoms with van der Waals surface area (Å²) >= 11 is 0. The molecule has 3 aromatic carbocycles. The molecule has 194 valence electrons. The molecule has 2 unspecified atom stereocenters. The predicted octanol–water partition coefficient (Wildman–Crippen LogP) is 4.25. The van der Waals surface area contributed by atoms with Crippen LogP contribution in [-0.2, 0) is 0 Å². The fourth-order valence-electron chi connectivity index (χ4n) is 6.13. The number of halogens is 1. The third-order valence-corrected chi connectivity index (χ3v) is 8.02. The van der Waals surface area contributed by atoms with Crippen molar-refractivity contribution in [3.63, 3.8) is 0 Å². The number of likely N-dealkylation sites (tertiary alicyclic amines) is 2. The largest absolute Gasteiger partial charge is 0.508 e. The van der Waals surface area contributed by atoms with Crippen LogP contribution in [0.25, 0.3) is 0 Å². The number of aliphatic hydroxyl groups excluding tert-OH is 1. The Morgan fingerprint density at radius 2 is 1.73 bits per heavy atom. The number of para-hydroxylation sites is 1. The Kier molecular flexibility index (Phi) is 7.29. The number of hydrogen-bond donors (Lipinski definition) is 3. The number of carbonyl (C=O) groups excluding carboxylic acids is 1. The van der Waals surface area contributed by atoms with Crippen molar-refractivity contribution in [2.75, 3.05) is 32.8 Å². The Balaban J connectivity index is 1.49. The zero-order valence-electron chi connectivity index (χ0n) is 20.9. The molecule has 0 aromatic heterocycles. The maximum Gasteiger partial charge on any atom is 0.167 e. The molecule has 37 heavy (non-hydrogen) atoms. The lowest BCUT2D eigenvalue weighted by atomic mass is 9.78. The molecule has 2 heterocycles. The fraction of sp³-hybridized carbons (Fsp3) is 0.367. The number of benzene rings is 3. The topological polar surface area (TPSA) is 84.2 Å². The summed E-state index contributed by atoms with van der Waals surface area (Å²) in [7, 11) is 0. The van der Waals surface area contributed by atoms with Crippen LogP contribution in [0.4, 0.5) is 4.39 Å². The highest BCUT2D eigenvalue weighted by Crippen LogP contribution is 2.43. The summed E-state index contributed by atoms with van der Waals surface area (Å²) in [6.45, 7) is 4.16. The molecular formula is C30H33FN2O4. The molecule has 2 saturated heterocycles. The van der Waals surface area contributed by atoms with Crippen LogP contribution in [0.1, 0.15) is 45.4 Å². The molecule has 4 atom stereocenters. The van der Waals surface area contributed by atoms with Crippen LogP contribution in [0, 0.1) is 18.7 Å². The van der Waals surface area contributed by atoms with E-state index in [0.717, 1.165) is 11.1 Å². The summed E-state index contributed by atoms with van der Waals surface area (Å²) in [6.07, 6.45) is 0.583. The van der Waals surface area contributed by atoms with E-state index in [2.05, 4.69) is 9.80 Å². The van der Waals surface area contributed by atoms with Crippen molar-refractivity contribution in [1.29, 1.82) is 0 Å². The first-order valence-electron chi connectivity index (χ1n) is 12.8. The van der Waals surface area contributed by atoms with Crippen LogP contribution in [0.5, 0.6) is 11.5 Å². The average molecular weight is 505 g/mol. The number of phenolic OH excluding ortho intramolecular Hbond substituents is 2. The van der Waals surface area contributed by atoms with Crippen LogP contribution in [0.15, 0.2) is 66.7 Å². The fourth-order valence-corrected chi connectivity index (χ4v) is 6.13. The van der Waals surface area contributed by atoms with Crippen molar-refractivity contribution >= 4 is 5.78 Å². The molecule has 0 aliphatic carbocycles. The second-order valence-corrected chi connectivity index (χ2v) is 10.2. The molecule has 7 heteroatoms. The Hall–Kier alpha value is -3.26. The molecule has 6 nitrogen and oxygen atoms in total. The zero-order chi connectivity index (χ0) is 26.1. The van der Waals surface area contributed by atoms with Gasteiger partial charge in [0.15, 0.2) is 5.78 Å². The number of ketones is 1. The van der Waals surface area contributed by atoms with Crippen molar-refractivity contribution in [1.82, 2.24) is 9.80 Å². The first kappa shape index (κ1) is 25.4. The van der Waals surface area contributed by atoms with Gasteiger partial charge in [-0.25, -0.2) is 4.39 Å². The first-order chi connectivity index (χ1) is 17.9. The van der Waals surface area contributed by atoms with Crippen molar-refractivity contribution < 1.29 is 24.5 Å². The number of piperidine rings is 1. The van der Waals surface area contributed by atoms with E-state index in [1.54, 1.807) is 43.3 Å². The number of aromatic hydroxyl groups is 2. The van der Waals surface area contributed by atoms with Crippen LogP contribution < -0.4 is 0 Å². The van der Waals surface area contributed by atoms with Gasteiger partial charge in [0, 0.05) is 49.6 Å². The van der Waals surface area contributed by atoms with Gasteiger partial charge in [0.2, 0.25) is 0 Å². The molecule has 2 aliphatic heterocycles. The van der Waals surface area contributed by atoms with Crippen molar-refractivity contribution in [3.05, 3.63) is 94.8 Å². The maximum absolute atomic E-state index is 14.5. The Morgan fingerprint density at radius 3 is 2.49 bits per heavy atom. The highest BCUT2D eigenvalue weighted by molar-refractivity contribution is 5.98. The monoisotopic (exact) mass is 504 g/mol. The van der Waals surface area contributed by atoms with Crippen LogP contribution in [0.2, 0.25) is 0 Å². The molecule has 3 aromatic rings. The Morgan fingerprint density at radius 1 is 0.973 bits per heavy atom. The van der Waals surface area contributed by atoms with E-state index < -0.39 is 0 Å². The summed E-state index contributed by atoms with van der Waals surface area (Å²) in [5.41, 5.74) is 2.77. The van der Waals surface area contributed by atoms with E-state index in [9.17, 15) is 24.5 Å². The molecule has 0 radical (unpaired) electrons. The van der Waals surface area contributed by atoms with E-state index in [0.29, 0.717) is 43.7 Å². The molecule has 5 rings (SSSR count). The lowest BCUT2D eigenvalue weighted by molar-refractivity contribution is -0.0544. The average Bonchev–Trinajstić information content (AvgIpc) is 2.88. The third-order valence-electron chi connectivity index (χ3n) is 8.02. The number of phenols is 2. The van der Waals surface area contributed by atoms with Crippen LogP contribution in [-0.4, -0.2) is 69.7 Å². The molecule has 2 aliphatic rings. The number of rotatable bonds is 7. The van der Waals surface area contributed by atoms with Gasteiger partial charge in [0.1, 0.15) is 17.3 Å². The standard InChI is InChI=1S/C30H33FN2O4/c1-19-24(9-5-10-26(19)31)29-27(18-32(29)12-13-34)33-16-21(25-8-2-3-11-28(25)36)14-22(17-33)30(37)20-6-4-7-23(35)15-20/h2-11,15,21-22,27,29,34-36H,12-14,16-18H2,1H3/t21?,22?,27-,29-/m1/s1. The Bertz CT molecular complexity index is 1280. The zero-order valence-corrected chi connectivity index (χ0v) is 20.9. The minimum absolute atomic E-state index is 0.0106. The highest BCUT2D eigenvalue weighted by Gasteiger charge is 2.47. The molecule has 0 bridgehead atoms. The highest BCUT2D eigenvalue weighted by atomic mass is 19.1. The lowest BCUT2D eigenvalue weighted by Crippen LogP contribution is -2.64. The number of aliphatic hydroxyl groups is 1. The van der Waals surface area contributed by atoms with Gasteiger partial charge in [-0.15, -0.1) is 0 Å². The number of Topliss-reactive ketones (excluding diaryl/α,β-unsaturated/α-hetero) is 1. The lowest BCUT2D eigenvalue weighted by Gasteiger charge is -2.55. The molecule has 2 fully saturated rings. The second-order valence-electron chi connectivity index (χ2n) is 10.2. The van der Waals surface area contributed by atoms with Crippen molar-refractivity contribution in [3.8, 4) is 11.5 Å². The predicted molar refractivity (Wildman–Crippen MR) is 139 cm³/mol. The van der Waals surface area contributed by atoms with Crippen molar-refractivity contribution in [2.45, 2.75) is 31.3 Å². The smallest absolute Gasteiger partial charge is 0.167 e. The van der Waals surface area contributed by atoms with Crippen LogP contribution >= 0.6 is 0 Å². The first-order valence-corrected chi connectivity index (χ1v) is 12.8. The van der Waals surface area contributed by atoms with Gasteiger partial charge in [0.25, 0.3) is 0 Å². The minimum atomic E-state index is -0.332. The number of hydrogen-bond acceptors (Lipinski definition) is 6. The van der Waals surface area contributed by atoms with E-state index in [1.807, 2.05) is 18.2 Å². The molecule has 0 spiro atoms. The maximum atomic E-state index is 14.5. The SMILES string of the molecule is Cc1c(F)cccc1[C@@H]1[C@H](N2CC(C(=O)c3cccc(O)c3)CC(c3ccccc3O)C2)CN1CCO. The van der Waals surface area contributed by atoms with Gasteiger partial charge in [-0.1, -0.05) is 42.5 Å². The quantitative estimate of drug-likeness (QED) is 0.417. The molecule has 0 saturated carbocycles. The molecular weight excluding hydrogens is 471 g/mol. The second kappa shape index (κ2) is 10.6. The third kappa shape index (κ3) is 4.99. The van der Waals surface area contributed by atoms with E-state index in [-0.39, 0.29) is 53.6 Å². The minimum Gasteiger partial charge on any atom is -0.508 e. The number of β-amino-alcohol motifs (C(OH)–C–C–N with tert-alkyl or cyclic N) is 1. The summed E-state index contributed by atoms with van der Waals surface area (Å²) in [5.74, 6) is -0.425. The van der Waals surface area contributed by atoms with Gasteiger partial charge < -0.3 is 15.3 Å². The summed E-state index contributed by atoms with van der Waals surface area (Å²) in [5, 5.41) is 30.2. The van der Waals surface area contributed by atoms with Gasteiger partial charge >= 0.3 is 0 Å². The molecule has 3 N–H and O–H groups in total.